The molecule has 5 nitrogen and oxygen atoms in total. The lowest BCUT2D eigenvalue weighted by molar-refractivity contribution is 0.0107. The smallest absolute Gasteiger partial charge is 0.233 e. The molecule has 134 valence electrons. The van der Waals surface area contributed by atoms with Crippen molar-refractivity contribution >= 4 is 17.3 Å². The van der Waals surface area contributed by atoms with Crippen molar-refractivity contribution in [2.75, 3.05) is 18.6 Å². The standard InChI is InChI=1S/C19H24ClN3O2/c1-25-18-10-7-16(21-22-18)13-23(17-8-5-15(20)6-9-17)14-19(24)11-3-2-4-12-19/h5-10,24H,2-4,11-14H2,1H3. The Bertz CT molecular complexity index is 670. The molecular formula is C19H24ClN3O2. The minimum atomic E-state index is -0.655. The van der Waals surface area contributed by atoms with Crippen LogP contribution in [0.4, 0.5) is 5.69 Å². The van der Waals surface area contributed by atoms with Crippen LogP contribution in [0.2, 0.25) is 5.02 Å². The van der Waals surface area contributed by atoms with E-state index in [-0.39, 0.29) is 0 Å². The van der Waals surface area contributed by atoms with Crippen molar-refractivity contribution in [1.29, 1.82) is 0 Å². The molecule has 2 aromatic rings. The van der Waals surface area contributed by atoms with Crippen LogP contribution >= 0.6 is 11.6 Å². The third kappa shape index (κ3) is 4.83. The van der Waals surface area contributed by atoms with Crippen molar-refractivity contribution in [2.24, 2.45) is 0 Å². The largest absolute Gasteiger partial charge is 0.480 e. The highest BCUT2D eigenvalue weighted by atomic mass is 35.5. The number of hydrogen-bond donors (Lipinski definition) is 1. The summed E-state index contributed by atoms with van der Waals surface area (Å²) in [4.78, 5) is 2.15. The average Bonchev–Trinajstić information content (AvgIpc) is 2.63. The van der Waals surface area contributed by atoms with Crippen LogP contribution in [0.15, 0.2) is 36.4 Å². The van der Waals surface area contributed by atoms with Crippen LogP contribution in [-0.2, 0) is 6.54 Å². The van der Waals surface area contributed by atoms with Crippen LogP contribution in [0, 0.1) is 0 Å². The number of ether oxygens (including phenoxy) is 1. The number of aromatic nitrogens is 2. The van der Waals surface area contributed by atoms with Gasteiger partial charge in [0.05, 0.1) is 24.9 Å². The van der Waals surface area contributed by atoms with E-state index in [2.05, 4.69) is 15.1 Å². The summed E-state index contributed by atoms with van der Waals surface area (Å²) in [6, 6.07) is 11.4. The summed E-state index contributed by atoms with van der Waals surface area (Å²) in [6.07, 6.45) is 5.03. The zero-order chi connectivity index (χ0) is 17.7. The van der Waals surface area contributed by atoms with Gasteiger partial charge in [-0.2, -0.15) is 5.10 Å². The van der Waals surface area contributed by atoms with E-state index in [1.807, 2.05) is 30.3 Å². The van der Waals surface area contributed by atoms with E-state index in [4.69, 9.17) is 16.3 Å². The molecule has 1 saturated carbocycles. The van der Waals surface area contributed by atoms with E-state index in [1.165, 1.54) is 6.42 Å². The number of rotatable bonds is 6. The summed E-state index contributed by atoms with van der Waals surface area (Å²) >= 11 is 6.03. The lowest BCUT2D eigenvalue weighted by Gasteiger charge is -2.38. The molecule has 25 heavy (non-hydrogen) atoms. The number of benzene rings is 1. The average molecular weight is 362 g/mol. The summed E-state index contributed by atoms with van der Waals surface area (Å²) in [5.74, 6) is 0.493. The quantitative estimate of drug-likeness (QED) is 0.847. The van der Waals surface area contributed by atoms with Crippen molar-refractivity contribution in [3.63, 3.8) is 0 Å². The van der Waals surface area contributed by atoms with Gasteiger partial charge >= 0.3 is 0 Å². The van der Waals surface area contributed by atoms with E-state index in [0.717, 1.165) is 37.1 Å². The molecule has 1 aliphatic rings. The molecule has 0 spiro atoms. The molecule has 1 heterocycles. The highest BCUT2D eigenvalue weighted by Crippen LogP contribution is 2.31. The summed E-state index contributed by atoms with van der Waals surface area (Å²) in [5, 5.41) is 20.0. The monoisotopic (exact) mass is 361 g/mol. The van der Waals surface area contributed by atoms with Crippen molar-refractivity contribution in [3.05, 3.63) is 47.1 Å². The normalized spacial score (nSPS) is 16.4. The van der Waals surface area contributed by atoms with Gasteiger partial charge in [0, 0.05) is 23.3 Å². The molecule has 0 saturated heterocycles. The topological polar surface area (TPSA) is 58.5 Å². The van der Waals surface area contributed by atoms with Gasteiger partial charge in [0.1, 0.15) is 0 Å². The van der Waals surface area contributed by atoms with Crippen molar-refractivity contribution in [2.45, 2.75) is 44.2 Å². The minimum absolute atomic E-state index is 0.493. The van der Waals surface area contributed by atoms with Gasteiger partial charge in [0.2, 0.25) is 5.88 Å². The van der Waals surface area contributed by atoms with Crippen LogP contribution in [0.25, 0.3) is 0 Å². The molecule has 0 bridgehead atoms. The van der Waals surface area contributed by atoms with E-state index >= 15 is 0 Å². The maximum Gasteiger partial charge on any atom is 0.233 e. The Morgan fingerprint density at radius 1 is 1.08 bits per heavy atom. The van der Waals surface area contributed by atoms with Crippen LogP contribution in [0.3, 0.4) is 0 Å². The van der Waals surface area contributed by atoms with Crippen LogP contribution < -0.4 is 9.64 Å². The number of anilines is 1. The van der Waals surface area contributed by atoms with Gasteiger partial charge in [-0.3, -0.25) is 0 Å². The summed E-state index contributed by atoms with van der Waals surface area (Å²) in [5.41, 5.74) is 1.19. The van der Waals surface area contributed by atoms with Crippen LogP contribution in [-0.4, -0.2) is 34.6 Å². The van der Waals surface area contributed by atoms with Gasteiger partial charge in [-0.25, -0.2) is 0 Å². The van der Waals surface area contributed by atoms with Gasteiger partial charge in [0.25, 0.3) is 0 Å². The predicted molar refractivity (Wildman–Crippen MR) is 99.1 cm³/mol. The predicted octanol–water partition coefficient (Wildman–Crippen LogP) is 3.84. The minimum Gasteiger partial charge on any atom is -0.480 e. The Kier molecular flexibility index (Phi) is 5.76. The number of methoxy groups -OCH3 is 1. The molecule has 1 aromatic heterocycles. The fraction of sp³-hybridized carbons (Fsp3) is 0.474. The van der Waals surface area contributed by atoms with Crippen molar-refractivity contribution in [3.8, 4) is 5.88 Å². The highest BCUT2D eigenvalue weighted by molar-refractivity contribution is 6.30. The van der Waals surface area contributed by atoms with E-state index < -0.39 is 5.60 Å². The van der Waals surface area contributed by atoms with E-state index in [9.17, 15) is 5.11 Å². The van der Waals surface area contributed by atoms with Crippen LogP contribution in [0.1, 0.15) is 37.8 Å². The number of halogens is 1. The maximum atomic E-state index is 11.0. The molecule has 0 radical (unpaired) electrons. The molecule has 0 atom stereocenters. The van der Waals surface area contributed by atoms with Gasteiger partial charge in [0.15, 0.2) is 0 Å². The Balaban J connectivity index is 1.81. The lowest BCUT2D eigenvalue weighted by Crippen LogP contribution is -2.44. The summed E-state index contributed by atoms with van der Waals surface area (Å²) in [7, 11) is 1.57. The summed E-state index contributed by atoms with van der Waals surface area (Å²) < 4.78 is 5.07. The Morgan fingerprint density at radius 3 is 2.40 bits per heavy atom. The van der Waals surface area contributed by atoms with E-state index in [0.29, 0.717) is 24.0 Å². The third-order valence-electron chi connectivity index (χ3n) is 4.72. The fourth-order valence-corrected chi connectivity index (χ4v) is 3.48. The van der Waals surface area contributed by atoms with Gasteiger partial charge in [-0.15, -0.1) is 5.10 Å². The van der Waals surface area contributed by atoms with Gasteiger partial charge < -0.3 is 14.7 Å². The number of aliphatic hydroxyl groups is 1. The summed E-state index contributed by atoms with van der Waals surface area (Å²) in [6.45, 7) is 1.14. The molecule has 1 aromatic carbocycles. The molecule has 0 aliphatic heterocycles. The Labute approximate surface area is 153 Å². The molecular weight excluding hydrogens is 338 g/mol. The fourth-order valence-electron chi connectivity index (χ4n) is 3.35. The number of nitrogens with zero attached hydrogens (tertiary/aromatic N) is 3. The van der Waals surface area contributed by atoms with Crippen molar-refractivity contribution < 1.29 is 9.84 Å². The van der Waals surface area contributed by atoms with Crippen LogP contribution in [0.5, 0.6) is 5.88 Å². The first-order chi connectivity index (χ1) is 12.1. The highest BCUT2D eigenvalue weighted by Gasteiger charge is 2.31. The lowest BCUT2D eigenvalue weighted by atomic mass is 9.84. The molecule has 0 amide bonds. The first-order valence-corrected chi connectivity index (χ1v) is 9.05. The molecule has 1 N–H and O–H groups in total. The van der Waals surface area contributed by atoms with Crippen molar-refractivity contribution in [1.82, 2.24) is 10.2 Å². The second kappa shape index (κ2) is 8.02. The molecule has 1 aliphatic carbocycles. The first kappa shape index (κ1) is 18.0. The molecule has 1 fully saturated rings. The zero-order valence-corrected chi connectivity index (χ0v) is 15.2. The number of hydrogen-bond acceptors (Lipinski definition) is 5. The third-order valence-corrected chi connectivity index (χ3v) is 4.97. The Morgan fingerprint density at radius 2 is 1.80 bits per heavy atom. The van der Waals surface area contributed by atoms with E-state index in [1.54, 1.807) is 13.2 Å². The zero-order valence-electron chi connectivity index (χ0n) is 14.5. The SMILES string of the molecule is COc1ccc(CN(CC2(O)CCCCC2)c2ccc(Cl)cc2)nn1. The molecule has 3 rings (SSSR count). The first-order valence-electron chi connectivity index (χ1n) is 8.67. The molecule has 0 unspecified atom stereocenters. The second-order valence-corrected chi connectivity index (χ2v) is 7.12. The second-order valence-electron chi connectivity index (χ2n) is 6.68. The Hall–Kier alpha value is -1.85. The van der Waals surface area contributed by atoms with Gasteiger partial charge in [-0.05, 0) is 43.2 Å². The van der Waals surface area contributed by atoms with Gasteiger partial charge in [-0.1, -0.05) is 30.9 Å². The molecule has 6 heteroatoms. The maximum absolute atomic E-state index is 11.0.